The van der Waals surface area contributed by atoms with Crippen LogP contribution < -0.4 is 48.6 Å². The van der Waals surface area contributed by atoms with E-state index in [9.17, 15) is 77.1 Å². The van der Waals surface area contributed by atoms with Crippen molar-refractivity contribution in [3.8, 4) is 103 Å². The van der Waals surface area contributed by atoms with Crippen molar-refractivity contribution in [2.45, 2.75) is 26.6 Å². The standard InChI is InChI=1S/C15H12ClN3O2.C15H9F5N2O2.C15H11F2N3O3.C14H10ClF3N2O3.C13H9ClFIN2O2.C12H10IN3O3/c1-8-12(18)11(16)14(15(20)21-2)19-13(8)10-5-3-9(7-17)4-6-10;1-2-7-11(21)10(17)12(22-13(7)14(23)24)6-3-4-8(9(16)5-6)15(18,19)20;1-4-7-5-6-8(10(17)9(7)16)14-19-11(15(21)23-3)12(22-2)13(18)20-14;1-22-13(21)12-8(15)10(19)9(16)11(20-12)6-2-4-7(5-3-6)23-14(17)18;1-5-10(17)9(14)12(13(19)20)18-11(5)6-2-3-8(16)7(15)4-6;1-19-9-8(12(17)18)15-11(16-10(9)14)6-2-4-7(13)5-3-6/h3-6H,1-2H3,(H2,18,19);2-5H,1H2,(H2,21,22)(H,23,24);1,5-6H,2-3H3,(H2,18,19,20);2-5,14H,1H3,(H2,19,20);2-4H,1H3,(H2,17,18)(H,19,20);2-5H,1H3,(H,17,18)(H2,14,15,16). The van der Waals surface area contributed by atoms with Crippen LogP contribution in [0.5, 0.6) is 17.2 Å². The van der Waals surface area contributed by atoms with Crippen LogP contribution >= 0.6 is 80.0 Å². The molecular weight excluding hydrogens is 2030 g/mol. The Labute approximate surface area is 769 Å². The lowest BCUT2D eigenvalue weighted by atomic mass is 10.0. The van der Waals surface area contributed by atoms with Gasteiger partial charge in [-0.3, -0.25) is 0 Å². The number of alkyl halides is 5. The monoisotopic (exact) mass is 2090 g/mol. The number of methoxy groups -OCH3 is 5. The minimum absolute atomic E-state index is 0.00319. The second-order valence-electron chi connectivity index (χ2n) is 25.2. The number of nitrogen functional groups attached to an aromatic ring is 6. The van der Waals surface area contributed by atoms with E-state index in [2.05, 4.69) is 88.0 Å². The van der Waals surface area contributed by atoms with E-state index in [-0.39, 0.29) is 129 Å². The molecule has 30 nitrogen and oxygen atoms in total. The maximum absolute atomic E-state index is 14.3. The van der Waals surface area contributed by atoms with Gasteiger partial charge in [0.25, 0.3) is 0 Å². The second-order valence-corrected chi connectivity index (χ2v) is 28.7. The van der Waals surface area contributed by atoms with Crippen LogP contribution in [0.3, 0.4) is 0 Å². The summed E-state index contributed by atoms with van der Waals surface area (Å²) >= 11 is 21.7. The molecule has 0 saturated heterocycles. The van der Waals surface area contributed by atoms with E-state index in [0.717, 1.165) is 35.5 Å². The molecule has 6 aromatic heterocycles. The zero-order valence-corrected chi connectivity index (χ0v) is 73.8. The number of nitriles is 1. The first-order valence-corrected chi connectivity index (χ1v) is 38.6. The summed E-state index contributed by atoms with van der Waals surface area (Å²) in [4.78, 5) is 99.8. The van der Waals surface area contributed by atoms with Crippen molar-refractivity contribution >= 4 is 156 Å². The van der Waals surface area contributed by atoms with Crippen LogP contribution in [0, 0.1) is 79.6 Å². The molecule has 0 aliphatic heterocycles. The molecule has 0 unspecified atom stereocenters. The number of benzene rings is 6. The molecule has 12 rings (SSSR count). The number of hydrogen-bond donors (Lipinski definition) is 9. The van der Waals surface area contributed by atoms with Gasteiger partial charge in [0.2, 0.25) is 0 Å². The Morgan fingerprint density at radius 2 is 0.908 bits per heavy atom. The lowest BCUT2D eigenvalue weighted by molar-refractivity contribution is -0.140. The number of esters is 3. The molecule has 12 aromatic rings. The van der Waals surface area contributed by atoms with Crippen molar-refractivity contribution in [3.63, 3.8) is 0 Å². The number of terminal acetylenes is 1. The Morgan fingerprint density at radius 3 is 1.39 bits per heavy atom. The summed E-state index contributed by atoms with van der Waals surface area (Å²) in [5.74, 6) is -11.6. The van der Waals surface area contributed by atoms with Crippen LogP contribution in [0.1, 0.15) is 96.3 Å². The molecule has 0 aliphatic rings. The smallest absolute Gasteiger partial charge is 0.419 e. The first kappa shape index (κ1) is 103. The highest BCUT2D eigenvalue weighted by Crippen LogP contribution is 2.40. The zero-order valence-electron chi connectivity index (χ0n) is 67.3. The summed E-state index contributed by atoms with van der Waals surface area (Å²) in [6, 6.07) is 29.7. The number of carbonyl (C=O) groups excluding carboxylic acids is 3. The van der Waals surface area contributed by atoms with Gasteiger partial charge in [0.15, 0.2) is 92.2 Å². The Bertz CT molecular complexity index is 6530. The van der Waals surface area contributed by atoms with E-state index < -0.39 is 112 Å². The van der Waals surface area contributed by atoms with Crippen molar-refractivity contribution in [3.05, 3.63) is 253 Å². The number of halogens is 16. The number of rotatable bonds is 17. The highest BCUT2D eigenvalue weighted by Gasteiger charge is 2.35. The highest BCUT2D eigenvalue weighted by atomic mass is 127. The number of carboxylic acids is 3. The molecule has 6 heterocycles. The molecule has 46 heteroatoms. The molecule has 0 atom stereocenters. The summed E-state index contributed by atoms with van der Waals surface area (Å²) in [5, 5.41) is 35.7. The first-order chi connectivity index (χ1) is 61.2. The van der Waals surface area contributed by atoms with Gasteiger partial charge in [0.1, 0.15) is 28.8 Å². The van der Waals surface area contributed by atoms with Gasteiger partial charge in [0.05, 0.1) is 113 Å². The van der Waals surface area contributed by atoms with Crippen LogP contribution in [0.25, 0.3) is 73.9 Å². The van der Waals surface area contributed by atoms with Gasteiger partial charge in [0, 0.05) is 40.5 Å². The molecule has 0 bridgehead atoms. The first-order valence-electron chi connectivity index (χ1n) is 35.3. The van der Waals surface area contributed by atoms with Crippen LogP contribution in [0.15, 0.2) is 128 Å². The van der Waals surface area contributed by atoms with E-state index >= 15 is 0 Å². The molecular formula is C84H61Cl3F11I2N15O15. The Hall–Kier alpha value is -14.6. The number of aromatic nitrogens is 8. The number of pyridine rings is 4. The average Bonchev–Trinajstić information content (AvgIpc) is 0.771. The molecule has 0 aliphatic carbocycles. The van der Waals surface area contributed by atoms with Gasteiger partial charge in [-0.2, -0.15) is 27.2 Å². The maximum Gasteiger partial charge on any atom is 0.419 e. The Morgan fingerprint density at radius 1 is 0.492 bits per heavy atom. The van der Waals surface area contributed by atoms with E-state index in [1.54, 1.807) is 62.4 Å². The van der Waals surface area contributed by atoms with Crippen molar-refractivity contribution in [2.24, 2.45) is 0 Å². The number of ether oxygens (including phenoxy) is 6. The summed E-state index contributed by atoms with van der Waals surface area (Å²) < 4.78 is 175. The minimum Gasteiger partial charge on any atom is -0.491 e. The Balaban J connectivity index is 0.000000214. The van der Waals surface area contributed by atoms with Gasteiger partial charge < -0.3 is 78.1 Å². The normalized spacial score (nSPS) is 10.5. The minimum atomic E-state index is -4.92. The number of carboxylic acid groups (broad SMARTS) is 3. The van der Waals surface area contributed by atoms with Crippen LogP contribution in [-0.2, 0) is 20.4 Å². The fourth-order valence-electron chi connectivity index (χ4n) is 10.8. The van der Waals surface area contributed by atoms with Gasteiger partial charge in [-0.1, -0.05) is 89.8 Å². The topological polar surface area (TPSA) is 502 Å². The third kappa shape index (κ3) is 24.0. The lowest BCUT2D eigenvalue weighted by Crippen LogP contribution is -2.12. The predicted octanol–water partition coefficient (Wildman–Crippen LogP) is 18.0. The van der Waals surface area contributed by atoms with E-state index in [0.29, 0.717) is 54.9 Å². The number of nitrogens with two attached hydrogens (primary N) is 6. The third-order valence-corrected chi connectivity index (χ3v) is 20.0. The van der Waals surface area contributed by atoms with Gasteiger partial charge in [-0.25, -0.2) is 95.0 Å². The molecule has 0 amide bonds. The number of carbonyl (C=O) groups is 6. The fraction of sp³-hybridized carbons (Fsp3) is 0.107. The largest absolute Gasteiger partial charge is 0.491 e. The number of nitrogens with zero attached hydrogens (tertiary/aromatic N) is 9. The Kier molecular flexibility index (Phi) is 35.3. The van der Waals surface area contributed by atoms with Crippen LogP contribution in [-0.4, -0.2) is 133 Å². The second kappa shape index (κ2) is 44.7. The van der Waals surface area contributed by atoms with Crippen molar-refractivity contribution in [1.29, 1.82) is 5.26 Å². The van der Waals surface area contributed by atoms with E-state index in [1.165, 1.54) is 63.8 Å². The number of anilines is 6. The molecule has 15 N–H and O–H groups in total. The van der Waals surface area contributed by atoms with Crippen LogP contribution in [0.4, 0.5) is 82.7 Å². The molecule has 0 radical (unpaired) electrons. The SMILES string of the molecule is C#Cc1ccc(-c2nc(N)c(OC)c(C(=O)OC)n2)c(F)c1F.C=Cc1c(C(=O)O)nc(-c2ccc(C(F)(F)F)c(F)c2)c(F)c1N.COC(=O)c1nc(-c2ccc(C#N)cc2)c(C)c(N)c1Cl.COC(=O)c1nc(-c2ccc(OC(F)F)cc2)c(F)c(N)c1Cl.COc1c(N)nc(-c2ccc(I)cc2)nc1C(=O)O.Cc1c(-c2ccc(I)c(F)c2)nc(C(=O)O)c(Cl)c1N. The van der Waals surface area contributed by atoms with Gasteiger partial charge in [-0.15, -0.1) is 6.42 Å². The lowest BCUT2D eigenvalue weighted by Gasteiger charge is -2.12. The summed E-state index contributed by atoms with van der Waals surface area (Å²) in [7, 11) is 6.06. The summed E-state index contributed by atoms with van der Waals surface area (Å²) in [6.07, 6.45) is 1.12. The predicted molar refractivity (Wildman–Crippen MR) is 472 cm³/mol. The van der Waals surface area contributed by atoms with E-state index in [4.69, 9.17) is 106 Å². The summed E-state index contributed by atoms with van der Waals surface area (Å²) in [5.41, 5.74) is 32.4. The molecule has 674 valence electrons. The maximum atomic E-state index is 14.3. The quantitative estimate of drug-likeness (QED) is 0.0134. The van der Waals surface area contributed by atoms with Gasteiger partial charge >= 0.3 is 48.6 Å². The number of aromatic carboxylic acids is 3. The van der Waals surface area contributed by atoms with Crippen LogP contribution in [0.2, 0.25) is 15.1 Å². The highest BCUT2D eigenvalue weighted by molar-refractivity contribution is 14.1. The molecule has 0 fully saturated rings. The number of hydrogen-bond acceptors (Lipinski definition) is 27. The van der Waals surface area contributed by atoms with Crippen molar-refractivity contribution in [2.75, 3.05) is 70.0 Å². The fourth-order valence-corrected chi connectivity index (χ4v) is 12.3. The van der Waals surface area contributed by atoms with E-state index in [1.807, 2.05) is 46.7 Å². The summed E-state index contributed by atoms with van der Waals surface area (Å²) in [6.45, 7) is 3.74. The molecule has 0 spiro atoms. The molecule has 130 heavy (non-hydrogen) atoms. The molecule has 0 saturated carbocycles. The average molecular weight is 2090 g/mol. The van der Waals surface area contributed by atoms with Crippen molar-refractivity contribution in [1.82, 2.24) is 39.9 Å². The molecule has 6 aromatic carbocycles. The van der Waals surface area contributed by atoms with Crippen molar-refractivity contribution < 1.29 is 121 Å². The zero-order chi connectivity index (χ0) is 97.1. The third-order valence-electron chi connectivity index (χ3n) is 17.3. The van der Waals surface area contributed by atoms with Gasteiger partial charge in [-0.05, 0) is 155 Å².